The Morgan fingerprint density at radius 2 is 1.67 bits per heavy atom. The number of hydrogen-bond donors (Lipinski definition) is 3. The van der Waals surface area contributed by atoms with Gasteiger partial charge in [-0.1, -0.05) is 48.3 Å². The molecule has 2 amide bonds. The highest BCUT2D eigenvalue weighted by atomic mass is 35.5. The lowest BCUT2D eigenvalue weighted by molar-refractivity contribution is -0.115. The predicted molar refractivity (Wildman–Crippen MR) is 133 cm³/mol. The molecule has 170 valence electrons. The van der Waals surface area contributed by atoms with Gasteiger partial charge in [0.1, 0.15) is 0 Å². The van der Waals surface area contributed by atoms with Gasteiger partial charge in [0, 0.05) is 15.6 Å². The third kappa shape index (κ3) is 6.51. The minimum atomic E-state index is -1.18. The molecule has 6 nitrogen and oxygen atoms in total. The molecule has 0 bridgehead atoms. The SMILES string of the molecule is CCC(Sc1cccc(NC(=O)c2ccccc2C(=O)O)c1)C(=O)Nc1cc(Cl)ccc1Cl. The molecular formula is C24H20Cl2N2O4S. The van der Waals surface area contributed by atoms with Crippen LogP contribution in [0.3, 0.4) is 0 Å². The van der Waals surface area contributed by atoms with Crippen LogP contribution < -0.4 is 10.6 Å². The van der Waals surface area contributed by atoms with Crippen molar-refractivity contribution < 1.29 is 19.5 Å². The Balaban J connectivity index is 1.72. The van der Waals surface area contributed by atoms with E-state index in [0.29, 0.717) is 27.8 Å². The van der Waals surface area contributed by atoms with E-state index in [9.17, 15) is 19.5 Å². The molecule has 1 unspecified atom stereocenters. The van der Waals surface area contributed by atoms with Crippen molar-refractivity contribution in [1.29, 1.82) is 0 Å². The summed E-state index contributed by atoms with van der Waals surface area (Å²) in [5.74, 6) is -1.94. The molecule has 3 rings (SSSR count). The van der Waals surface area contributed by atoms with Gasteiger partial charge in [-0.3, -0.25) is 9.59 Å². The van der Waals surface area contributed by atoms with Crippen LogP contribution in [-0.4, -0.2) is 28.1 Å². The lowest BCUT2D eigenvalue weighted by Crippen LogP contribution is -2.24. The number of carbonyl (C=O) groups excluding carboxylic acids is 2. The molecule has 9 heteroatoms. The number of amides is 2. The van der Waals surface area contributed by atoms with Crippen molar-refractivity contribution in [3.63, 3.8) is 0 Å². The van der Waals surface area contributed by atoms with E-state index in [1.54, 1.807) is 48.5 Å². The fourth-order valence-electron chi connectivity index (χ4n) is 3.01. The van der Waals surface area contributed by atoms with Crippen molar-refractivity contribution in [2.75, 3.05) is 10.6 Å². The van der Waals surface area contributed by atoms with Crippen LogP contribution in [0.4, 0.5) is 11.4 Å². The van der Waals surface area contributed by atoms with Crippen LogP contribution in [-0.2, 0) is 4.79 Å². The number of carboxylic acid groups (broad SMARTS) is 1. The monoisotopic (exact) mass is 502 g/mol. The number of thioether (sulfide) groups is 1. The lowest BCUT2D eigenvalue weighted by Gasteiger charge is -2.16. The molecule has 0 aromatic heterocycles. The van der Waals surface area contributed by atoms with Crippen LogP contribution in [0, 0.1) is 0 Å². The molecule has 0 heterocycles. The lowest BCUT2D eigenvalue weighted by atomic mass is 10.1. The van der Waals surface area contributed by atoms with Gasteiger partial charge in [0.05, 0.1) is 27.1 Å². The zero-order valence-corrected chi connectivity index (χ0v) is 19.8. The van der Waals surface area contributed by atoms with Crippen molar-refractivity contribution in [1.82, 2.24) is 0 Å². The Labute approximate surface area is 205 Å². The summed E-state index contributed by atoms with van der Waals surface area (Å²) < 4.78 is 0. The fraction of sp³-hybridized carbons (Fsp3) is 0.125. The van der Waals surface area contributed by atoms with E-state index in [0.717, 1.165) is 4.90 Å². The van der Waals surface area contributed by atoms with Gasteiger partial charge in [0.2, 0.25) is 5.91 Å². The van der Waals surface area contributed by atoms with Gasteiger partial charge in [0.25, 0.3) is 5.91 Å². The molecule has 3 aromatic carbocycles. The maximum Gasteiger partial charge on any atom is 0.336 e. The number of rotatable bonds is 8. The number of hydrogen-bond acceptors (Lipinski definition) is 4. The molecule has 3 aromatic rings. The molecule has 3 N–H and O–H groups in total. The van der Waals surface area contributed by atoms with Crippen LogP contribution in [0.25, 0.3) is 0 Å². The predicted octanol–water partition coefficient (Wildman–Crippen LogP) is 6.45. The van der Waals surface area contributed by atoms with E-state index in [1.807, 2.05) is 13.0 Å². The molecule has 0 radical (unpaired) electrons. The standard InChI is InChI=1S/C24H20Cl2N2O4S/c1-2-21(23(30)28-20-12-14(25)10-11-19(20)26)33-16-7-5-6-15(13-16)27-22(29)17-8-3-4-9-18(17)24(31)32/h3-13,21H,2H2,1H3,(H,27,29)(H,28,30)(H,31,32). The van der Waals surface area contributed by atoms with E-state index in [1.165, 1.54) is 23.9 Å². The summed E-state index contributed by atoms with van der Waals surface area (Å²) >= 11 is 13.5. The summed E-state index contributed by atoms with van der Waals surface area (Å²) in [6, 6.07) is 17.8. The molecule has 0 fully saturated rings. The summed E-state index contributed by atoms with van der Waals surface area (Å²) in [4.78, 5) is 37.6. The minimum absolute atomic E-state index is 0.0623. The first-order valence-electron chi connectivity index (χ1n) is 9.94. The number of halogens is 2. The smallest absolute Gasteiger partial charge is 0.336 e. The highest BCUT2D eigenvalue weighted by molar-refractivity contribution is 8.00. The molecule has 0 saturated heterocycles. The Bertz CT molecular complexity index is 1200. The largest absolute Gasteiger partial charge is 0.478 e. The Morgan fingerprint density at radius 3 is 2.36 bits per heavy atom. The van der Waals surface area contributed by atoms with E-state index < -0.39 is 17.1 Å². The first-order chi connectivity index (χ1) is 15.8. The van der Waals surface area contributed by atoms with E-state index in [2.05, 4.69) is 10.6 Å². The van der Waals surface area contributed by atoms with Gasteiger partial charge >= 0.3 is 5.97 Å². The van der Waals surface area contributed by atoms with Crippen molar-refractivity contribution in [3.8, 4) is 0 Å². The fourth-order valence-corrected chi connectivity index (χ4v) is 4.36. The molecule has 1 atom stereocenters. The van der Waals surface area contributed by atoms with Crippen molar-refractivity contribution in [3.05, 3.63) is 87.9 Å². The molecule has 0 aliphatic carbocycles. The van der Waals surface area contributed by atoms with Crippen LogP contribution in [0.5, 0.6) is 0 Å². The minimum Gasteiger partial charge on any atom is -0.478 e. The highest BCUT2D eigenvalue weighted by Crippen LogP contribution is 2.31. The average molecular weight is 503 g/mol. The summed E-state index contributed by atoms with van der Waals surface area (Å²) in [5, 5.41) is 15.3. The summed E-state index contributed by atoms with van der Waals surface area (Å²) in [5.41, 5.74) is 0.903. The summed E-state index contributed by atoms with van der Waals surface area (Å²) in [6.45, 7) is 1.89. The van der Waals surface area contributed by atoms with Crippen molar-refractivity contribution in [2.45, 2.75) is 23.5 Å². The summed E-state index contributed by atoms with van der Waals surface area (Å²) in [7, 11) is 0. The second-order valence-corrected chi connectivity index (χ2v) is 9.08. The highest BCUT2D eigenvalue weighted by Gasteiger charge is 2.20. The van der Waals surface area contributed by atoms with Crippen LogP contribution in [0.15, 0.2) is 71.6 Å². The number of aromatic carboxylic acids is 1. The van der Waals surface area contributed by atoms with Gasteiger partial charge in [-0.25, -0.2) is 4.79 Å². The first kappa shape index (κ1) is 24.6. The Kier molecular flexibility index (Phi) is 8.38. The van der Waals surface area contributed by atoms with E-state index in [4.69, 9.17) is 23.2 Å². The van der Waals surface area contributed by atoms with Crippen molar-refractivity contribution >= 4 is 64.1 Å². The Hall–Kier alpha value is -3.00. The summed E-state index contributed by atoms with van der Waals surface area (Å²) in [6.07, 6.45) is 0.553. The van der Waals surface area contributed by atoms with Gasteiger partial charge < -0.3 is 15.7 Å². The molecule has 0 aliphatic heterocycles. The van der Waals surface area contributed by atoms with Gasteiger partial charge in [0.15, 0.2) is 0 Å². The number of carbonyl (C=O) groups is 3. The molecule has 33 heavy (non-hydrogen) atoms. The van der Waals surface area contributed by atoms with Crippen molar-refractivity contribution in [2.24, 2.45) is 0 Å². The molecule has 0 spiro atoms. The van der Waals surface area contributed by atoms with Gasteiger partial charge in [-0.05, 0) is 55.0 Å². The van der Waals surface area contributed by atoms with E-state index >= 15 is 0 Å². The number of benzene rings is 3. The van der Waals surface area contributed by atoms with Gasteiger partial charge in [-0.15, -0.1) is 11.8 Å². The third-order valence-corrected chi connectivity index (χ3v) is 6.54. The number of nitrogens with one attached hydrogen (secondary N) is 2. The second kappa shape index (κ2) is 11.2. The second-order valence-electron chi connectivity index (χ2n) is 6.96. The Morgan fingerprint density at radius 1 is 0.939 bits per heavy atom. The molecular weight excluding hydrogens is 483 g/mol. The maximum atomic E-state index is 12.8. The first-order valence-corrected chi connectivity index (χ1v) is 11.6. The third-order valence-electron chi connectivity index (χ3n) is 4.62. The molecule has 0 aliphatic rings. The van der Waals surface area contributed by atoms with Crippen LogP contribution >= 0.6 is 35.0 Å². The quantitative estimate of drug-likeness (QED) is 0.307. The van der Waals surface area contributed by atoms with Crippen LogP contribution in [0.2, 0.25) is 10.0 Å². The number of anilines is 2. The van der Waals surface area contributed by atoms with Gasteiger partial charge in [-0.2, -0.15) is 0 Å². The molecule has 0 saturated carbocycles. The van der Waals surface area contributed by atoms with E-state index in [-0.39, 0.29) is 17.0 Å². The van der Waals surface area contributed by atoms with Crippen LogP contribution in [0.1, 0.15) is 34.1 Å². The topological polar surface area (TPSA) is 95.5 Å². The maximum absolute atomic E-state index is 12.8. The zero-order chi connectivity index (χ0) is 24.0. The zero-order valence-electron chi connectivity index (χ0n) is 17.5. The normalized spacial score (nSPS) is 11.5. The average Bonchev–Trinajstić information content (AvgIpc) is 2.80. The number of carboxylic acids is 1.